The highest BCUT2D eigenvalue weighted by atomic mass is 16.5. The summed E-state index contributed by atoms with van der Waals surface area (Å²) in [5, 5.41) is 12.7. The standard InChI is InChI=1S/C15H19NO4/c1-9-11(10-5-7-16-8-6-10)3-4-12(15(19)20-2)13(9)14(17)18/h3-4,10,16H,5-8H2,1-2H3,(H,17,18). The highest BCUT2D eigenvalue weighted by molar-refractivity contribution is 6.03. The van der Waals surface area contributed by atoms with Crippen molar-refractivity contribution in [3.8, 4) is 0 Å². The van der Waals surface area contributed by atoms with Crippen LogP contribution in [0, 0.1) is 6.92 Å². The van der Waals surface area contributed by atoms with Gasteiger partial charge in [0.25, 0.3) is 0 Å². The fourth-order valence-corrected chi connectivity index (χ4v) is 2.86. The molecule has 0 radical (unpaired) electrons. The summed E-state index contributed by atoms with van der Waals surface area (Å²) >= 11 is 0. The zero-order valence-electron chi connectivity index (χ0n) is 11.7. The first-order valence-corrected chi connectivity index (χ1v) is 6.72. The molecule has 1 saturated heterocycles. The maximum atomic E-state index is 11.7. The molecule has 20 heavy (non-hydrogen) atoms. The van der Waals surface area contributed by atoms with Gasteiger partial charge in [0, 0.05) is 0 Å². The van der Waals surface area contributed by atoms with Crippen LogP contribution in [0.5, 0.6) is 0 Å². The summed E-state index contributed by atoms with van der Waals surface area (Å²) in [4.78, 5) is 23.2. The maximum absolute atomic E-state index is 11.7. The number of ether oxygens (including phenoxy) is 1. The largest absolute Gasteiger partial charge is 0.478 e. The van der Waals surface area contributed by atoms with Crippen LogP contribution in [0.3, 0.4) is 0 Å². The summed E-state index contributed by atoms with van der Waals surface area (Å²) in [6.45, 7) is 3.64. The summed E-state index contributed by atoms with van der Waals surface area (Å²) in [5.41, 5.74) is 1.88. The lowest BCUT2D eigenvalue weighted by Gasteiger charge is -2.25. The fraction of sp³-hybridized carbons (Fsp3) is 0.467. The van der Waals surface area contributed by atoms with Gasteiger partial charge in [-0.2, -0.15) is 0 Å². The van der Waals surface area contributed by atoms with Gasteiger partial charge >= 0.3 is 11.9 Å². The Balaban J connectivity index is 2.48. The lowest BCUT2D eigenvalue weighted by Crippen LogP contribution is -2.27. The van der Waals surface area contributed by atoms with Gasteiger partial charge in [-0.1, -0.05) is 6.07 Å². The molecule has 1 aliphatic rings. The number of hydrogen-bond donors (Lipinski definition) is 2. The van der Waals surface area contributed by atoms with E-state index in [1.165, 1.54) is 7.11 Å². The molecule has 2 N–H and O–H groups in total. The Bertz CT molecular complexity index is 533. The van der Waals surface area contributed by atoms with Crippen LogP contribution in [0.4, 0.5) is 0 Å². The van der Waals surface area contributed by atoms with Crippen molar-refractivity contribution < 1.29 is 19.4 Å². The highest BCUT2D eigenvalue weighted by Gasteiger charge is 2.25. The van der Waals surface area contributed by atoms with Crippen LogP contribution in [0.2, 0.25) is 0 Å². The quantitative estimate of drug-likeness (QED) is 0.826. The van der Waals surface area contributed by atoms with Crippen molar-refractivity contribution in [3.63, 3.8) is 0 Å². The summed E-state index contributed by atoms with van der Waals surface area (Å²) in [5.74, 6) is -1.35. The lowest BCUT2D eigenvalue weighted by molar-refractivity contribution is 0.0582. The molecule has 1 heterocycles. The Morgan fingerprint density at radius 3 is 2.50 bits per heavy atom. The van der Waals surface area contributed by atoms with Crippen molar-refractivity contribution in [2.75, 3.05) is 20.2 Å². The molecular formula is C15H19NO4. The zero-order chi connectivity index (χ0) is 14.7. The average Bonchev–Trinajstić information content (AvgIpc) is 2.46. The van der Waals surface area contributed by atoms with Crippen LogP contribution in [-0.4, -0.2) is 37.2 Å². The Labute approximate surface area is 117 Å². The van der Waals surface area contributed by atoms with Crippen LogP contribution in [0.15, 0.2) is 12.1 Å². The fourth-order valence-electron chi connectivity index (χ4n) is 2.86. The second kappa shape index (κ2) is 6.05. The number of rotatable bonds is 3. The maximum Gasteiger partial charge on any atom is 0.338 e. The first-order chi connectivity index (χ1) is 9.56. The van der Waals surface area contributed by atoms with Gasteiger partial charge in [0.1, 0.15) is 0 Å². The van der Waals surface area contributed by atoms with Crippen LogP contribution in [0.25, 0.3) is 0 Å². The molecule has 1 aromatic rings. The van der Waals surface area contributed by atoms with Crippen molar-refractivity contribution >= 4 is 11.9 Å². The first kappa shape index (κ1) is 14.5. The van der Waals surface area contributed by atoms with E-state index < -0.39 is 11.9 Å². The molecule has 1 aliphatic heterocycles. The highest BCUT2D eigenvalue weighted by Crippen LogP contribution is 2.31. The van der Waals surface area contributed by atoms with E-state index in [4.69, 9.17) is 0 Å². The normalized spacial score (nSPS) is 15.9. The Morgan fingerprint density at radius 1 is 1.30 bits per heavy atom. The van der Waals surface area contributed by atoms with Crippen LogP contribution in [-0.2, 0) is 4.74 Å². The van der Waals surface area contributed by atoms with Crippen LogP contribution < -0.4 is 5.32 Å². The first-order valence-electron chi connectivity index (χ1n) is 6.72. The molecule has 0 spiro atoms. The topological polar surface area (TPSA) is 75.6 Å². The predicted molar refractivity (Wildman–Crippen MR) is 74.3 cm³/mol. The minimum Gasteiger partial charge on any atom is -0.478 e. The Kier molecular flexibility index (Phi) is 4.39. The van der Waals surface area contributed by atoms with Gasteiger partial charge in [-0.15, -0.1) is 0 Å². The molecule has 0 bridgehead atoms. The van der Waals surface area contributed by atoms with Crippen molar-refractivity contribution in [2.45, 2.75) is 25.7 Å². The molecule has 5 heteroatoms. The molecule has 5 nitrogen and oxygen atoms in total. The van der Waals surface area contributed by atoms with Gasteiger partial charge in [-0.05, 0) is 56.0 Å². The van der Waals surface area contributed by atoms with Crippen molar-refractivity contribution in [1.29, 1.82) is 0 Å². The van der Waals surface area contributed by atoms with Crippen molar-refractivity contribution in [1.82, 2.24) is 5.32 Å². The van der Waals surface area contributed by atoms with E-state index in [9.17, 15) is 14.7 Å². The molecule has 0 atom stereocenters. The molecule has 108 valence electrons. The SMILES string of the molecule is COC(=O)c1ccc(C2CCNCC2)c(C)c1C(=O)O. The van der Waals surface area contributed by atoms with Gasteiger partial charge < -0.3 is 15.2 Å². The number of carbonyl (C=O) groups excluding carboxylic acids is 1. The molecular weight excluding hydrogens is 258 g/mol. The minimum atomic E-state index is -1.08. The van der Waals surface area contributed by atoms with Gasteiger partial charge in [0.2, 0.25) is 0 Å². The molecule has 2 rings (SSSR count). The number of hydrogen-bond acceptors (Lipinski definition) is 4. The lowest BCUT2D eigenvalue weighted by atomic mass is 9.84. The number of esters is 1. The average molecular weight is 277 g/mol. The van der Waals surface area contributed by atoms with E-state index in [1.54, 1.807) is 13.0 Å². The monoisotopic (exact) mass is 277 g/mol. The third-order valence-corrected chi connectivity index (χ3v) is 3.91. The number of nitrogens with one attached hydrogen (secondary N) is 1. The number of carboxylic acids is 1. The van der Waals surface area contributed by atoms with Crippen LogP contribution >= 0.6 is 0 Å². The minimum absolute atomic E-state index is 0.0629. The molecule has 0 aromatic heterocycles. The Morgan fingerprint density at radius 2 is 1.95 bits per heavy atom. The van der Waals surface area contributed by atoms with E-state index in [0.717, 1.165) is 31.5 Å². The second-order valence-electron chi connectivity index (χ2n) is 5.02. The van der Waals surface area contributed by atoms with E-state index in [2.05, 4.69) is 10.1 Å². The molecule has 0 aliphatic carbocycles. The van der Waals surface area contributed by atoms with Crippen LogP contribution in [0.1, 0.15) is 50.6 Å². The van der Waals surface area contributed by atoms with Gasteiger partial charge in [0.15, 0.2) is 0 Å². The van der Waals surface area contributed by atoms with E-state index in [0.29, 0.717) is 11.5 Å². The smallest absolute Gasteiger partial charge is 0.338 e. The van der Waals surface area contributed by atoms with Gasteiger partial charge in [0.05, 0.1) is 18.2 Å². The summed E-state index contributed by atoms with van der Waals surface area (Å²) in [6, 6.07) is 3.43. The third kappa shape index (κ3) is 2.67. The molecule has 0 amide bonds. The zero-order valence-corrected chi connectivity index (χ0v) is 11.7. The predicted octanol–water partition coefficient (Wildman–Crippen LogP) is 1.95. The molecule has 1 aromatic carbocycles. The second-order valence-corrected chi connectivity index (χ2v) is 5.02. The van der Waals surface area contributed by atoms with E-state index in [1.807, 2.05) is 6.07 Å². The number of carbonyl (C=O) groups is 2. The summed E-state index contributed by atoms with van der Waals surface area (Å²) in [6.07, 6.45) is 1.97. The number of benzene rings is 1. The van der Waals surface area contributed by atoms with E-state index >= 15 is 0 Å². The van der Waals surface area contributed by atoms with Gasteiger partial charge in [-0.3, -0.25) is 0 Å². The van der Waals surface area contributed by atoms with Crippen molar-refractivity contribution in [3.05, 3.63) is 34.4 Å². The Hall–Kier alpha value is -1.88. The van der Waals surface area contributed by atoms with Crippen molar-refractivity contribution in [2.24, 2.45) is 0 Å². The van der Waals surface area contributed by atoms with Gasteiger partial charge in [-0.25, -0.2) is 9.59 Å². The summed E-state index contributed by atoms with van der Waals surface area (Å²) in [7, 11) is 1.25. The number of piperidine rings is 1. The number of methoxy groups -OCH3 is 1. The van der Waals surface area contributed by atoms with E-state index in [-0.39, 0.29) is 11.1 Å². The molecule has 1 fully saturated rings. The molecule has 0 unspecified atom stereocenters. The molecule has 0 saturated carbocycles. The third-order valence-electron chi connectivity index (χ3n) is 3.91. The number of aromatic carboxylic acids is 1. The summed E-state index contributed by atoms with van der Waals surface area (Å²) < 4.78 is 4.66. The number of carboxylic acid groups (broad SMARTS) is 1.